The van der Waals surface area contributed by atoms with Gasteiger partial charge in [-0.3, -0.25) is 4.21 Å². The van der Waals surface area contributed by atoms with Crippen LogP contribution in [0.2, 0.25) is 0 Å². The highest BCUT2D eigenvalue weighted by Gasteiger charge is 2.06. The molecule has 1 aromatic carbocycles. The molecule has 1 rings (SSSR count). The molecule has 0 saturated heterocycles. The third-order valence-electron chi connectivity index (χ3n) is 2.29. The standard InChI is InChI=1S/C12H18FNO3S/c1-16-5-2-6-17-7-8-18(15)10-3-4-12(14)11(13)9-10/h3-4,9H,2,5-8,14H2,1H3. The Kier molecular flexibility index (Phi) is 6.85. The highest BCUT2D eigenvalue weighted by Crippen LogP contribution is 2.15. The second-order valence-corrected chi connectivity index (χ2v) is 5.26. The topological polar surface area (TPSA) is 61.5 Å². The zero-order valence-corrected chi connectivity index (χ0v) is 11.2. The van der Waals surface area contributed by atoms with E-state index in [1.165, 1.54) is 12.1 Å². The molecule has 0 fully saturated rings. The number of benzene rings is 1. The van der Waals surface area contributed by atoms with E-state index in [0.717, 1.165) is 6.42 Å². The van der Waals surface area contributed by atoms with Gasteiger partial charge in [0.05, 0.1) is 28.8 Å². The van der Waals surface area contributed by atoms with Gasteiger partial charge < -0.3 is 15.2 Å². The zero-order valence-electron chi connectivity index (χ0n) is 10.4. The van der Waals surface area contributed by atoms with Crippen LogP contribution < -0.4 is 5.73 Å². The Hall–Kier alpha value is -0.980. The predicted molar refractivity (Wildman–Crippen MR) is 69.4 cm³/mol. The minimum Gasteiger partial charge on any atom is -0.396 e. The van der Waals surface area contributed by atoms with Crippen LogP contribution in [0.15, 0.2) is 23.1 Å². The molecular weight excluding hydrogens is 257 g/mol. The fourth-order valence-electron chi connectivity index (χ4n) is 1.31. The number of nitrogen functional groups attached to an aromatic ring is 1. The Bertz CT molecular complexity index is 401. The van der Waals surface area contributed by atoms with Crippen LogP contribution in [0, 0.1) is 5.82 Å². The van der Waals surface area contributed by atoms with E-state index in [9.17, 15) is 8.60 Å². The van der Waals surface area contributed by atoms with Crippen molar-refractivity contribution >= 4 is 16.5 Å². The Labute approximate surface area is 109 Å². The lowest BCUT2D eigenvalue weighted by molar-refractivity contribution is 0.112. The number of hydrogen-bond acceptors (Lipinski definition) is 4. The maximum Gasteiger partial charge on any atom is 0.147 e. The summed E-state index contributed by atoms with van der Waals surface area (Å²) in [7, 11) is 0.369. The molecule has 6 heteroatoms. The first kappa shape index (κ1) is 15.1. The molecule has 0 aliphatic rings. The van der Waals surface area contributed by atoms with Crippen LogP contribution in [0.1, 0.15) is 6.42 Å². The van der Waals surface area contributed by atoms with Gasteiger partial charge in [-0.05, 0) is 24.6 Å². The average molecular weight is 275 g/mol. The summed E-state index contributed by atoms with van der Waals surface area (Å²) < 4.78 is 35.1. The predicted octanol–water partition coefficient (Wildman–Crippen LogP) is 1.57. The molecule has 0 aromatic heterocycles. The molecule has 0 bridgehead atoms. The summed E-state index contributed by atoms with van der Waals surface area (Å²) in [5.41, 5.74) is 5.41. The van der Waals surface area contributed by atoms with Crippen LogP contribution in [0.4, 0.5) is 10.1 Å². The molecular formula is C12H18FNO3S. The van der Waals surface area contributed by atoms with Crippen molar-refractivity contribution in [2.45, 2.75) is 11.3 Å². The van der Waals surface area contributed by atoms with E-state index in [2.05, 4.69) is 0 Å². The number of ether oxygens (including phenoxy) is 2. The SMILES string of the molecule is COCCCOCCS(=O)c1ccc(N)c(F)c1. The number of hydrogen-bond donors (Lipinski definition) is 1. The minimum absolute atomic E-state index is 0.0616. The van der Waals surface area contributed by atoms with Crippen LogP contribution in [-0.4, -0.2) is 36.9 Å². The summed E-state index contributed by atoms with van der Waals surface area (Å²) in [5.74, 6) is -0.196. The number of methoxy groups -OCH3 is 1. The lowest BCUT2D eigenvalue weighted by Crippen LogP contribution is -2.08. The van der Waals surface area contributed by atoms with E-state index in [-0.39, 0.29) is 5.69 Å². The lowest BCUT2D eigenvalue weighted by Gasteiger charge is -2.05. The summed E-state index contributed by atoms with van der Waals surface area (Å²) in [6.45, 7) is 1.59. The molecule has 0 aliphatic carbocycles. The van der Waals surface area contributed by atoms with Gasteiger partial charge >= 0.3 is 0 Å². The van der Waals surface area contributed by atoms with Crippen LogP contribution in [0.25, 0.3) is 0 Å². The minimum atomic E-state index is -1.26. The second kappa shape index (κ2) is 8.18. The summed E-state index contributed by atoms with van der Waals surface area (Å²) in [6, 6.07) is 4.19. The smallest absolute Gasteiger partial charge is 0.147 e. The second-order valence-electron chi connectivity index (χ2n) is 3.69. The van der Waals surface area contributed by atoms with Gasteiger partial charge in [0.2, 0.25) is 0 Å². The normalized spacial score (nSPS) is 12.6. The average Bonchev–Trinajstić information content (AvgIpc) is 2.36. The number of anilines is 1. The molecule has 1 aromatic rings. The third-order valence-corrected chi connectivity index (χ3v) is 3.60. The van der Waals surface area contributed by atoms with Gasteiger partial charge in [-0.15, -0.1) is 0 Å². The largest absolute Gasteiger partial charge is 0.396 e. The number of halogens is 1. The summed E-state index contributed by atoms with van der Waals surface area (Å²) in [5, 5.41) is 0. The molecule has 0 spiro atoms. The first-order valence-electron chi connectivity index (χ1n) is 5.65. The van der Waals surface area contributed by atoms with Gasteiger partial charge in [0.25, 0.3) is 0 Å². The molecule has 1 atom stereocenters. The zero-order chi connectivity index (χ0) is 13.4. The van der Waals surface area contributed by atoms with Crippen molar-refractivity contribution in [3.63, 3.8) is 0 Å². The van der Waals surface area contributed by atoms with Gasteiger partial charge in [0.1, 0.15) is 5.82 Å². The summed E-state index contributed by atoms with van der Waals surface area (Å²) >= 11 is 0. The van der Waals surface area contributed by atoms with Crippen molar-refractivity contribution in [2.24, 2.45) is 0 Å². The van der Waals surface area contributed by atoms with Crippen LogP contribution >= 0.6 is 0 Å². The Balaban J connectivity index is 2.30. The maximum atomic E-state index is 13.2. The van der Waals surface area contributed by atoms with Crippen LogP contribution in [0.5, 0.6) is 0 Å². The van der Waals surface area contributed by atoms with E-state index >= 15 is 0 Å². The number of rotatable bonds is 8. The first-order valence-corrected chi connectivity index (χ1v) is 6.97. The molecule has 1 unspecified atom stereocenters. The summed E-state index contributed by atoms with van der Waals surface area (Å²) in [6.07, 6.45) is 0.805. The van der Waals surface area contributed by atoms with Gasteiger partial charge in [0.15, 0.2) is 0 Å². The van der Waals surface area contributed by atoms with Crippen molar-refractivity contribution in [2.75, 3.05) is 38.4 Å². The van der Waals surface area contributed by atoms with Crippen LogP contribution in [-0.2, 0) is 20.3 Å². The fourth-order valence-corrected chi connectivity index (χ4v) is 2.27. The summed E-state index contributed by atoms with van der Waals surface area (Å²) in [4.78, 5) is 0.433. The maximum absolute atomic E-state index is 13.2. The van der Waals surface area contributed by atoms with Crippen LogP contribution in [0.3, 0.4) is 0 Å². The van der Waals surface area contributed by atoms with E-state index in [4.69, 9.17) is 15.2 Å². The quantitative estimate of drug-likeness (QED) is 0.578. The number of nitrogens with two attached hydrogens (primary N) is 1. The molecule has 0 saturated carbocycles. The fraction of sp³-hybridized carbons (Fsp3) is 0.500. The lowest BCUT2D eigenvalue weighted by atomic mass is 10.3. The Morgan fingerprint density at radius 2 is 2.11 bits per heavy atom. The Morgan fingerprint density at radius 3 is 2.78 bits per heavy atom. The molecule has 4 nitrogen and oxygen atoms in total. The van der Waals surface area contributed by atoms with E-state index < -0.39 is 16.6 Å². The molecule has 0 radical (unpaired) electrons. The first-order chi connectivity index (χ1) is 8.65. The van der Waals surface area contributed by atoms with Gasteiger partial charge in [-0.2, -0.15) is 0 Å². The van der Waals surface area contributed by atoms with Gasteiger partial charge in [-0.1, -0.05) is 0 Å². The van der Waals surface area contributed by atoms with E-state index in [1.807, 2.05) is 0 Å². The van der Waals surface area contributed by atoms with Crippen molar-refractivity contribution in [3.05, 3.63) is 24.0 Å². The van der Waals surface area contributed by atoms with Gasteiger partial charge in [-0.25, -0.2) is 4.39 Å². The molecule has 2 N–H and O–H groups in total. The van der Waals surface area contributed by atoms with Crippen molar-refractivity contribution in [3.8, 4) is 0 Å². The highest BCUT2D eigenvalue weighted by molar-refractivity contribution is 7.85. The molecule has 0 amide bonds. The molecule has 0 aliphatic heterocycles. The van der Waals surface area contributed by atoms with Crippen molar-refractivity contribution in [1.82, 2.24) is 0 Å². The van der Waals surface area contributed by atoms with E-state index in [1.54, 1.807) is 13.2 Å². The monoisotopic (exact) mass is 275 g/mol. The Morgan fingerprint density at radius 1 is 1.33 bits per heavy atom. The molecule has 18 heavy (non-hydrogen) atoms. The van der Waals surface area contributed by atoms with E-state index in [0.29, 0.717) is 30.5 Å². The third kappa shape index (κ3) is 5.12. The molecule has 0 heterocycles. The highest BCUT2D eigenvalue weighted by atomic mass is 32.2. The van der Waals surface area contributed by atoms with Crippen molar-refractivity contribution in [1.29, 1.82) is 0 Å². The van der Waals surface area contributed by atoms with Crippen molar-refractivity contribution < 1.29 is 18.1 Å². The molecule has 102 valence electrons. The van der Waals surface area contributed by atoms with Gasteiger partial charge in [0, 0.05) is 25.2 Å².